The molecule has 144 valence electrons. The first kappa shape index (κ1) is 20.4. The van der Waals surface area contributed by atoms with E-state index in [0.29, 0.717) is 9.87 Å². The van der Waals surface area contributed by atoms with Crippen LogP contribution in [0.2, 0.25) is 0 Å². The number of rotatable bonds is 5. The molecule has 9 heteroatoms. The number of hydrogen-bond acceptors (Lipinski definition) is 6. The van der Waals surface area contributed by atoms with Gasteiger partial charge in [0, 0.05) is 12.1 Å². The monoisotopic (exact) mass is 392 g/mol. The van der Waals surface area contributed by atoms with Crippen molar-refractivity contribution >= 4 is 21.8 Å². The third kappa shape index (κ3) is 5.27. The maximum Gasteiger partial charge on any atom is 0.424 e. The maximum atomic E-state index is 13.0. The van der Waals surface area contributed by atoms with Gasteiger partial charge < -0.3 is 4.74 Å². The second kappa shape index (κ2) is 7.75. The van der Waals surface area contributed by atoms with Crippen molar-refractivity contribution in [3.05, 3.63) is 70.3 Å². The maximum absolute atomic E-state index is 13.0. The first-order chi connectivity index (χ1) is 12.5. The van der Waals surface area contributed by atoms with E-state index in [1.54, 1.807) is 51.1 Å². The van der Waals surface area contributed by atoms with Crippen molar-refractivity contribution in [1.29, 1.82) is 0 Å². The van der Waals surface area contributed by atoms with Crippen molar-refractivity contribution in [2.45, 2.75) is 37.8 Å². The fourth-order valence-electron chi connectivity index (χ4n) is 2.18. The van der Waals surface area contributed by atoms with Gasteiger partial charge in [-0.1, -0.05) is 30.3 Å². The number of sulfonamides is 1. The molecule has 0 saturated carbocycles. The number of nitro groups is 1. The van der Waals surface area contributed by atoms with Crippen LogP contribution < -0.4 is 0 Å². The van der Waals surface area contributed by atoms with Crippen LogP contribution in [0.25, 0.3) is 0 Å². The van der Waals surface area contributed by atoms with E-state index in [0.717, 1.165) is 24.3 Å². The Morgan fingerprint density at radius 3 is 2.11 bits per heavy atom. The third-order valence-electron chi connectivity index (χ3n) is 3.40. The molecule has 1 amide bonds. The summed E-state index contributed by atoms with van der Waals surface area (Å²) in [5.74, 6) is 0. The fraction of sp³-hybridized carbons (Fsp3) is 0.278. The summed E-state index contributed by atoms with van der Waals surface area (Å²) in [7, 11) is -4.28. The van der Waals surface area contributed by atoms with Crippen LogP contribution in [0, 0.1) is 10.1 Å². The normalized spacial score (nSPS) is 11.7. The fourth-order valence-corrected chi connectivity index (χ4v) is 3.46. The molecule has 0 unspecified atom stereocenters. The van der Waals surface area contributed by atoms with Gasteiger partial charge in [0.2, 0.25) is 0 Å². The van der Waals surface area contributed by atoms with Crippen molar-refractivity contribution in [3.8, 4) is 0 Å². The summed E-state index contributed by atoms with van der Waals surface area (Å²) in [6, 6.07) is 12.9. The molecule has 0 radical (unpaired) electrons. The Bertz CT molecular complexity index is 919. The number of non-ortho nitro benzene ring substituents is 1. The minimum atomic E-state index is -4.28. The molecule has 0 saturated heterocycles. The third-order valence-corrected chi connectivity index (χ3v) is 5.13. The molecule has 2 rings (SSSR count). The molecule has 0 fully saturated rings. The number of amides is 1. The van der Waals surface area contributed by atoms with Crippen molar-refractivity contribution in [3.63, 3.8) is 0 Å². The molecule has 0 atom stereocenters. The highest BCUT2D eigenvalue weighted by Gasteiger charge is 2.33. The number of ether oxygens (including phenoxy) is 1. The van der Waals surface area contributed by atoms with Crippen LogP contribution in [-0.2, 0) is 21.3 Å². The largest absolute Gasteiger partial charge is 0.443 e. The van der Waals surface area contributed by atoms with Gasteiger partial charge in [-0.25, -0.2) is 13.2 Å². The first-order valence-electron chi connectivity index (χ1n) is 8.05. The Balaban J connectivity index is 2.43. The molecule has 0 bridgehead atoms. The summed E-state index contributed by atoms with van der Waals surface area (Å²) in [5.41, 5.74) is -0.550. The summed E-state index contributed by atoms with van der Waals surface area (Å²) in [6.45, 7) is 4.66. The van der Waals surface area contributed by atoms with Gasteiger partial charge in [0.1, 0.15) is 5.60 Å². The molecular formula is C18H20N2O6S. The molecule has 2 aromatic carbocycles. The molecule has 8 nitrogen and oxygen atoms in total. The van der Waals surface area contributed by atoms with Gasteiger partial charge in [0.05, 0.1) is 16.4 Å². The Morgan fingerprint density at radius 2 is 1.63 bits per heavy atom. The zero-order chi connectivity index (χ0) is 20.2. The average molecular weight is 392 g/mol. The molecular weight excluding hydrogens is 372 g/mol. The molecule has 0 N–H and O–H groups in total. The predicted molar refractivity (Wildman–Crippen MR) is 98.5 cm³/mol. The Hall–Kier alpha value is -2.94. The van der Waals surface area contributed by atoms with E-state index in [1.165, 1.54) is 0 Å². The van der Waals surface area contributed by atoms with Gasteiger partial charge in [0.25, 0.3) is 15.7 Å². The molecule has 0 aliphatic heterocycles. The highest BCUT2D eigenvalue weighted by molar-refractivity contribution is 7.89. The van der Waals surface area contributed by atoms with Crippen LogP contribution in [0.4, 0.5) is 10.5 Å². The summed E-state index contributed by atoms with van der Waals surface area (Å²) in [4.78, 5) is 22.5. The second-order valence-electron chi connectivity index (χ2n) is 6.73. The van der Waals surface area contributed by atoms with Gasteiger partial charge in [-0.3, -0.25) is 10.1 Å². The number of carbonyl (C=O) groups is 1. The van der Waals surface area contributed by atoms with E-state index >= 15 is 0 Å². The van der Waals surface area contributed by atoms with E-state index in [-0.39, 0.29) is 17.1 Å². The van der Waals surface area contributed by atoms with Gasteiger partial charge in [0.15, 0.2) is 0 Å². The van der Waals surface area contributed by atoms with Gasteiger partial charge in [-0.05, 0) is 38.5 Å². The minimum Gasteiger partial charge on any atom is -0.443 e. The molecule has 0 aromatic heterocycles. The molecule has 27 heavy (non-hydrogen) atoms. The van der Waals surface area contributed by atoms with Crippen LogP contribution in [0.15, 0.2) is 59.5 Å². The minimum absolute atomic E-state index is 0.227. The lowest BCUT2D eigenvalue weighted by molar-refractivity contribution is -0.384. The predicted octanol–water partition coefficient (Wildman–Crippen LogP) is 3.72. The zero-order valence-corrected chi connectivity index (χ0v) is 16.0. The smallest absolute Gasteiger partial charge is 0.424 e. The standard InChI is InChI=1S/C18H20N2O6S/c1-18(2,3)26-17(21)19(13-14-7-5-4-6-8-14)27(24,25)16-11-9-15(10-12-16)20(22)23/h4-12H,13H2,1-3H3. The van der Waals surface area contributed by atoms with Gasteiger partial charge >= 0.3 is 6.09 Å². The topological polar surface area (TPSA) is 107 Å². The highest BCUT2D eigenvalue weighted by atomic mass is 32.2. The Morgan fingerprint density at radius 1 is 1.07 bits per heavy atom. The SMILES string of the molecule is CC(C)(C)OC(=O)N(Cc1ccccc1)S(=O)(=O)c1ccc([N+](=O)[O-])cc1. The van der Waals surface area contributed by atoms with Crippen molar-refractivity contribution in [2.24, 2.45) is 0 Å². The number of nitro benzene ring substituents is 1. The lowest BCUT2D eigenvalue weighted by Gasteiger charge is -2.27. The van der Waals surface area contributed by atoms with Gasteiger partial charge in [-0.2, -0.15) is 4.31 Å². The Labute approximate surface area is 157 Å². The van der Waals surface area contributed by atoms with Crippen molar-refractivity contribution in [1.82, 2.24) is 4.31 Å². The van der Waals surface area contributed by atoms with E-state index in [4.69, 9.17) is 4.74 Å². The highest BCUT2D eigenvalue weighted by Crippen LogP contribution is 2.23. The van der Waals surface area contributed by atoms with Crippen LogP contribution in [-0.4, -0.2) is 29.3 Å². The molecule has 0 spiro atoms. The van der Waals surface area contributed by atoms with Crippen LogP contribution in [0.3, 0.4) is 0 Å². The number of benzene rings is 2. The lowest BCUT2D eigenvalue weighted by Crippen LogP contribution is -2.40. The zero-order valence-electron chi connectivity index (χ0n) is 15.2. The van der Waals surface area contributed by atoms with Gasteiger partial charge in [-0.15, -0.1) is 0 Å². The van der Waals surface area contributed by atoms with Crippen molar-refractivity contribution in [2.75, 3.05) is 0 Å². The number of nitrogens with zero attached hydrogens (tertiary/aromatic N) is 2. The molecule has 0 heterocycles. The van der Waals surface area contributed by atoms with Crippen LogP contribution in [0.5, 0.6) is 0 Å². The lowest BCUT2D eigenvalue weighted by atomic mass is 10.2. The summed E-state index contributed by atoms with van der Waals surface area (Å²) >= 11 is 0. The molecule has 0 aliphatic rings. The van der Waals surface area contributed by atoms with E-state index in [2.05, 4.69) is 0 Å². The van der Waals surface area contributed by atoms with Crippen LogP contribution in [0.1, 0.15) is 26.3 Å². The first-order valence-corrected chi connectivity index (χ1v) is 9.49. The van der Waals surface area contributed by atoms with E-state index in [9.17, 15) is 23.3 Å². The average Bonchev–Trinajstić information content (AvgIpc) is 2.59. The van der Waals surface area contributed by atoms with E-state index in [1.807, 2.05) is 0 Å². The van der Waals surface area contributed by atoms with Crippen LogP contribution >= 0.6 is 0 Å². The molecule has 0 aliphatic carbocycles. The van der Waals surface area contributed by atoms with E-state index < -0.39 is 26.6 Å². The number of hydrogen-bond donors (Lipinski definition) is 0. The summed E-state index contributed by atoms with van der Waals surface area (Å²) in [5, 5.41) is 10.8. The second-order valence-corrected chi connectivity index (χ2v) is 8.59. The quantitative estimate of drug-likeness (QED) is 0.567. The molecule has 2 aromatic rings. The van der Waals surface area contributed by atoms with Crippen molar-refractivity contribution < 1.29 is 22.9 Å². The summed E-state index contributed by atoms with van der Waals surface area (Å²) in [6.07, 6.45) is -1.02. The summed E-state index contributed by atoms with van der Waals surface area (Å²) < 4.78 is 31.9. The Kier molecular flexibility index (Phi) is 5.85. The number of carbonyl (C=O) groups excluding carboxylic acids is 1.